The molecule has 23 heavy (non-hydrogen) atoms. The third-order valence-electron chi connectivity index (χ3n) is 2.44. The second-order valence-corrected chi connectivity index (χ2v) is 5.90. The number of ether oxygens (including phenoxy) is 1. The summed E-state index contributed by atoms with van der Waals surface area (Å²) in [4.78, 5) is 34.6. The highest BCUT2D eigenvalue weighted by atomic mass is 32.2. The number of carbonyl (C=O) groups is 3. The fourth-order valence-corrected chi connectivity index (χ4v) is 2.23. The molecule has 0 unspecified atom stereocenters. The molecule has 0 heterocycles. The predicted octanol–water partition coefficient (Wildman–Crippen LogP) is 1.10. The minimum Gasteiger partial charge on any atom is -0.455 e. The van der Waals surface area contributed by atoms with Crippen molar-refractivity contribution < 1.29 is 23.5 Å². The van der Waals surface area contributed by atoms with Gasteiger partial charge >= 0.3 is 5.97 Å². The second kappa shape index (κ2) is 9.83. The van der Waals surface area contributed by atoms with Gasteiger partial charge < -0.3 is 15.4 Å². The van der Waals surface area contributed by atoms with Gasteiger partial charge in [-0.3, -0.25) is 14.4 Å². The molecule has 0 aliphatic heterocycles. The Labute approximate surface area is 138 Å². The third kappa shape index (κ3) is 8.20. The van der Waals surface area contributed by atoms with Gasteiger partial charge in [-0.05, 0) is 26.0 Å². The molecule has 8 heteroatoms. The maximum Gasteiger partial charge on any atom is 0.316 e. The van der Waals surface area contributed by atoms with Crippen LogP contribution in [0.1, 0.15) is 13.8 Å². The molecule has 126 valence electrons. The van der Waals surface area contributed by atoms with Gasteiger partial charge in [-0.1, -0.05) is 12.1 Å². The van der Waals surface area contributed by atoms with Crippen LogP contribution >= 0.6 is 11.8 Å². The summed E-state index contributed by atoms with van der Waals surface area (Å²) in [6.45, 7) is 2.94. The Hall–Kier alpha value is -2.09. The Bertz CT molecular complexity index is 566. The summed E-state index contributed by atoms with van der Waals surface area (Å²) in [6, 6.07) is 6.04. The second-order valence-electron chi connectivity index (χ2n) is 4.88. The lowest BCUT2D eigenvalue weighted by molar-refractivity contribution is -0.146. The van der Waals surface area contributed by atoms with Crippen molar-refractivity contribution in [2.45, 2.75) is 24.8 Å². The van der Waals surface area contributed by atoms with E-state index in [2.05, 4.69) is 10.6 Å². The zero-order valence-corrected chi connectivity index (χ0v) is 13.7. The molecular weight excluding hydrogens is 323 g/mol. The van der Waals surface area contributed by atoms with E-state index in [1.54, 1.807) is 32.0 Å². The maximum atomic E-state index is 13.3. The number of hydrogen-bond acceptors (Lipinski definition) is 5. The Kier molecular flexibility index (Phi) is 8.10. The molecule has 1 rings (SSSR count). The number of rotatable bonds is 8. The number of amides is 2. The van der Waals surface area contributed by atoms with E-state index in [4.69, 9.17) is 4.74 Å². The van der Waals surface area contributed by atoms with Gasteiger partial charge in [0, 0.05) is 10.9 Å². The van der Waals surface area contributed by atoms with Gasteiger partial charge in [0.05, 0.1) is 12.3 Å². The maximum absolute atomic E-state index is 13.3. The average molecular weight is 342 g/mol. The third-order valence-corrected chi connectivity index (χ3v) is 3.46. The Morgan fingerprint density at radius 1 is 1.22 bits per heavy atom. The minimum atomic E-state index is -0.639. The van der Waals surface area contributed by atoms with Crippen LogP contribution in [-0.2, 0) is 19.1 Å². The lowest BCUT2D eigenvalue weighted by Gasteiger charge is -2.09. The minimum absolute atomic E-state index is 0.0207. The van der Waals surface area contributed by atoms with E-state index in [-0.39, 0.29) is 24.2 Å². The molecule has 0 bridgehead atoms. The largest absolute Gasteiger partial charge is 0.455 e. The molecule has 0 spiro atoms. The van der Waals surface area contributed by atoms with Crippen molar-refractivity contribution in [1.82, 2.24) is 10.6 Å². The van der Waals surface area contributed by atoms with Gasteiger partial charge in [-0.15, -0.1) is 11.8 Å². The van der Waals surface area contributed by atoms with Crippen LogP contribution in [0.4, 0.5) is 4.39 Å². The summed E-state index contributed by atoms with van der Waals surface area (Å²) in [5.74, 6) is -2.07. The van der Waals surface area contributed by atoms with Gasteiger partial charge in [0.25, 0.3) is 5.91 Å². The van der Waals surface area contributed by atoms with Crippen molar-refractivity contribution in [1.29, 1.82) is 0 Å². The number of benzene rings is 1. The molecule has 0 fully saturated rings. The Balaban J connectivity index is 2.21. The molecule has 0 aliphatic rings. The van der Waals surface area contributed by atoms with E-state index in [0.29, 0.717) is 4.90 Å². The molecule has 1 aromatic rings. The molecular formula is C15H19FN2O4S. The molecule has 0 atom stereocenters. The number of carbonyl (C=O) groups excluding carboxylic acids is 3. The van der Waals surface area contributed by atoms with Crippen LogP contribution in [0, 0.1) is 5.82 Å². The van der Waals surface area contributed by atoms with Crippen molar-refractivity contribution >= 4 is 29.5 Å². The lowest BCUT2D eigenvalue weighted by Crippen LogP contribution is -2.41. The number of halogens is 1. The molecule has 0 aliphatic carbocycles. The summed E-state index contributed by atoms with van der Waals surface area (Å²) < 4.78 is 18.1. The predicted molar refractivity (Wildman–Crippen MR) is 84.4 cm³/mol. The van der Waals surface area contributed by atoms with Gasteiger partial charge in [-0.25, -0.2) is 4.39 Å². The summed E-state index contributed by atoms with van der Waals surface area (Å²) in [5.41, 5.74) is 0. The van der Waals surface area contributed by atoms with Crippen LogP contribution in [0.15, 0.2) is 29.2 Å². The average Bonchev–Trinajstić information content (AvgIpc) is 2.49. The molecule has 1 aromatic carbocycles. The van der Waals surface area contributed by atoms with Crippen molar-refractivity contribution in [3.8, 4) is 0 Å². The Morgan fingerprint density at radius 3 is 2.57 bits per heavy atom. The highest BCUT2D eigenvalue weighted by Crippen LogP contribution is 2.20. The number of nitrogens with one attached hydrogen (secondary N) is 2. The molecule has 0 saturated heterocycles. The van der Waals surface area contributed by atoms with Crippen LogP contribution in [0.25, 0.3) is 0 Å². The summed E-state index contributed by atoms with van der Waals surface area (Å²) in [5, 5.41) is 4.94. The van der Waals surface area contributed by atoms with Crippen LogP contribution in [0.3, 0.4) is 0 Å². The fraction of sp³-hybridized carbons (Fsp3) is 0.400. The molecule has 0 radical (unpaired) electrons. The first-order chi connectivity index (χ1) is 10.9. The highest BCUT2D eigenvalue weighted by Gasteiger charge is 2.11. The van der Waals surface area contributed by atoms with E-state index in [1.165, 1.54) is 6.07 Å². The number of hydrogen-bond donors (Lipinski definition) is 2. The summed E-state index contributed by atoms with van der Waals surface area (Å²) in [6.07, 6.45) is 0. The van der Waals surface area contributed by atoms with Crippen LogP contribution in [0.5, 0.6) is 0 Å². The Morgan fingerprint density at radius 2 is 1.91 bits per heavy atom. The van der Waals surface area contributed by atoms with Gasteiger partial charge in [0.1, 0.15) is 5.82 Å². The van der Waals surface area contributed by atoms with E-state index >= 15 is 0 Å². The van der Waals surface area contributed by atoms with E-state index in [0.717, 1.165) is 11.8 Å². The zero-order valence-electron chi connectivity index (χ0n) is 12.9. The molecule has 6 nitrogen and oxygen atoms in total. The van der Waals surface area contributed by atoms with Gasteiger partial charge in [0.2, 0.25) is 5.91 Å². The van der Waals surface area contributed by atoms with Crippen LogP contribution < -0.4 is 10.6 Å². The van der Waals surface area contributed by atoms with Crippen molar-refractivity contribution in [2.75, 3.05) is 18.9 Å². The van der Waals surface area contributed by atoms with Crippen molar-refractivity contribution in [2.24, 2.45) is 0 Å². The van der Waals surface area contributed by atoms with E-state index in [9.17, 15) is 18.8 Å². The SMILES string of the molecule is CC(C)NC(=O)CNC(=O)COC(=O)CSc1ccccc1F. The van der Waals surface area contributed by atoms with Crippen molar-refractivity contribution in [3.63, 3.8) is 0 Å². The first kappa shape index (κ1) is 19.0. The van der Waals surface area contributed by atoms with E-state index < -0.39 is 24.3 Å². The van der Waals surface area contributed by atoms with Gasteiger partial charge in [0.15, 0.2) is 6.61 Å². The topological polar surface area (TPSA) is 84.5 Å². The van der Waals surface area contributed by atoms with Crippen LogP contribution in [-0.4, -0.2) is 42.7 Å². The monoisotopic (exact) mass is 342 g/mol. The summed E-state index contributed by atoms with van der Waals surface area (Å²) >= 11 is 0.987. The first-order valence-corrected chi connectivity index (χ1v) is 7.96. The lowest BCUT2D eigenvalue weighted by atomic mass is 10.3. The van der Waals surface area contributed by atoms with E-state index in [1.807, 2.05) is 0 Å². The van der Waals surface area contributed by atoms with Crippen LogP contribution in [0.2, 0.25) is 0 Å². The molecule has 0 saturated carbocycles. The molecule has 0 aromatic heterocycles. The van der Waals surface area contributed by atoms with Gasteiger partial charge in [-0.2, -0.15) is 0 Å². The van der Waals surface area contributed by atoms with Crippen molar-refractivity contribution in [3.05, 3.63) is 30.1 Å². The normalized spacial score (nSPS) is 10.3. The zero-order chi connectivity index (χ0) is 17.2. The standard InChI is InChI=1S/C15H19FN2O4S/c1-10(2)18-13(19)7-17-14(20)8-22-15(21)9-23-12-6-4-3-5-11(12)16/h3-6,10H,7-9H2,1-2H3,(H,17,20)(H,18,19). The first-order valence-electron chi connectivity index (χ1n) is 6.97. The quantitative estimate of drug-likeness (QED) is 0.546. The summed E-state index contributed by atoms with van der Waals surface area (Å²) in [7, 11) is 0. The molecule has 2 N–H and O–H groups in total. The fourth-order valence-electron chi connectivity index (χ4n) is 1.49. The smallest absolute Gasteiger partial charge is 0.316 e. The molecule has 2 amide bonds. The highest BCUT2D eigenvalue weighted by molar-refractivity contribution is 8.00. The number of thioether (sulfide) groups is 1. The number of esters is 1.